The van der Waals surface area contributed by atoms with E-state index in [0.717, 1.165) is 41.0 Å². The summed E-state index contributed by atoms with van der Waals surface area (Å²) in [4.78, 5) is 22.9. The zero-order valence-electron chi connectivity index (χ0n) is 11.3. The Morgan fingerprint density at radius 2 is 2.21 bits per heavy atom. The molecule has 5 nitrogen and oxygen atoms in total. The minimum atomic E-state index is -0.900. The second-order valence-electron chi connectivity index (χ2n) is 4.51. The summed E-state index contributed by atoms with van der Waals surface area (Å²) in [7, 11) is 1.98. The van der Waals surface area contributed by atoms with Gasteiger partial charge in [0.05, 0.1) is 5.39 Å². The molecule has 102 valence electrons. The number of carboxylic acid groups (broad SMARTS) is 1. The number of rotatable bonds is 5. The van der Waals surface area contributed by atoms with Gasteiger partial charge in [0.25, 0.3) is 0 Å². The maximum absolute atomic E-state index is 11.2. The Morgan fingerprint density at radius 1 is 1.47 bits per heavy atom. The van der Waals surface area contributed by atoms with Crippen LogP contribution in [0.5, 0.6) is 0 Å². The summed E-state index contributed by atoms with van der Waals surface area (Å²) in [5, 5.41) is 10.1. The number of unbranched alkanes of at least 4 members (excludes halogenated alkanes) is 1. The molecule has 0 amide bonds. The summed E-state index contributed by atoms with van der Waals surface area (Å²) >= 11 is 1.21. The van der Waals surface area contributed by atoms with Crippen LogP contribution in [0.4, 0.5) is 5.82 Å². The summed E-state index contributed by atoms with van der Waals surface area (Å²) in [5.41, 5.74) is 0.756. The smallest absolute Gasteiger partial charge is 0.346 e. The standard InChI is InChI=1S/C13H17N3O2S/c1-4-5-6-16(3)11-9-8(2)10(13(17)18)19-12(9)15-7-14-11/h7H,4-6H2,1-3H3,(H,17,18). The molecular weight excluding hydrogens is 262 g/mol. The Labute approximate surface area is 115 Å². The third-order valence-electron chi connectivity index (χ3n) is 3.11. The predicted molar refractivity (Wildman–Crippen MR) is 77.3 cm³/mol. The van der Waals surface area contributed by atoms with Gasteiger partial charge in [-0.05, 0) is 18.9 Å². The lowest BCUT2D eigenvalue weighted by Crippen LogP contribution is -2.20. The molecule has 2 rings (SSSR count). The first kappa shape index (κ1) is 13.7. The quantitative estimate of drug-likeness (QED) is 0.911. The van der Waals surface area contributed by atoms with Crippen molar-refractivity contribution in [1.82, 2.24) is 9.97 Å². The molecule has 19 heavy (non-hydrogen) atoms. The molecule has 0 aliphatic rings. The third kappa shape index (κ3) is 2.53. The largest absolute Gasteiger partial charge is 0.477 e. The summed E-state index contributed by atoms with van der Waals surface area (Å²) in [6, 6.07) is 0. The Kier molecular flexibility index (Phi) is 3.99. The van der Waals surface area contributed by atoms with E-state index < -0.39 is 5.97 Å². The third-order valence-corrected chi connectivity index (χ3v) is 4.30. The summed E-state index contributed by atoms with van der Waals surface area (Å²) in [6.45, 7) is 4.87. The van der Waals surface area contributed by atoms with E-state index in [1.165, 1.54) is 17.7 Å². The first-order chi connectivity index (χ1) is 9.06. The molecule has 2 aromatic rings. The topological polar surface area (TPSA) is 66.3 Å². The van der Waals surface area contributed by atoms with E-state index in [0.29, 0.717) is 4.88 Å². The number of hydrogen-bond acceptors (Lipinski definition) is 5. The molecule has 6 heteroatoms. The molecule has 0 aliphatic heterocycles. The van der Waals surface area contributed by atoms with Crippen LogP contribution in [-0.2, 0) is 0 Å². The predicted octanol–water partition coefficient (Wildman–Crippen LogP) is 2.93. The van der Waals surface area contributed by atoms with Crippen LogP contribution in [-0.4, -0.2) is 34.6 Å². The van der Waals surface area contributed by atoms with Gasteiger partial charge in [0.2, 0.25) is 0 Å². The molecule has 0 bridgehead atoms. The van der Waals surface area contributed by atoms with E-state index in [1.54, 1.807) is 0 Å². The first-order valence-electron chi connectivity index (χ1n) is 6.24. The van der Waals surface area contributed by atoms with Crippen molar-refractivity contribution in [2.24, 2.45) is 0 Å². The first-order valence-corrected chi connectivity index (χ1v) is 7.06. The molecule has 0 radical (unpaired) electrons. The van der Waals surface area contributed by atoms with Gasteiger partial charge in [-0.1, -0.05) is 13.3 Å². The summed E-state index contributed by atoms with van der Waals surface area (Å²) in [5.74, 6) is -0.0811. The Hall–Kier alpha value is -1.69. The summed E-state index contributed by atoms with van der Waals surface area (Å²) in [6.07, 6.45) is 3.69. The van der Waals surface area contributed by atoms with Gasteiger partial charge in [-0.3, -0.25) is 0 Å². The van der Waals surface area contributed by atoms with Crippen molar-refractivity contribution in [2.45, 2.75) is 26.7 Å². The molecule has 2 heterocycles. The van der Waals surface area contributed by atoms with E-state index in [1.807, 2.05) is 14.0 Å². The number of fused-ring (bicyclic) bond motifs is 1. The van der Waals surface area contributed by atoms with Crippen LogP contribution in [0.2, 0.25) is 0 Å². The molecule has 0 aliphatic carbocycles. The fourth-order valence-corrected chi connectivity index (χ4v) is 3.03. The lowest BCUT2D eigenvalue weighted by Gasteiger charge is -2.18. The monoisotopic (exact) mass is 279 g/mol. The molecule has 0 fully saturated rings. The van der Waals surface area contributed by atoms with Crippen LogP contribution in [0.15, 0.2) is 6.33 Å². The maximum Gasteiger partial charge on any atom is 0.346 e. The van der Waals surface area contributed by atoms with Crippen molar-refractivity contribution < 1.29 is 9.90 Å². The van der Waals surface area contributed by atoms with E-state index in [2.05, 4.69) is 21.8 Å². The van der Waals surface area contributed by atoms with E-state index in [4.69, 9.17) is 0 Å². The zero-order valence-corrected chi connectivity index (χ0v) is 12.1. The van der Waals surface area contributed by atoms with Gasteiger partial charge in [-0.25, -0.2) is 14.8 Å². The molecule has 0 unspecified atom stereocenters. The van der Waals surface area contributed by atoms with Crippen LogP contribution < -0.4 is 4.90 Å². The Balaban J connectivity index is 2.53. The van der Waals surface area contributed by atoms with Crippen molar-refractivity contribution in [3.8, 4) is 0 Å². The SMILES string of the molecule is CCCCN(C)c1ncnc2sc(C(=O)O)c(C)c12. The van der Waals surface area contributed by atoms with Crippen molar-refractivity contribution in [2.75, 3.05) is 18.5 Å². The number of thiophene rings is 1. The van der Waals surface area contributed by atoms with Gasteiger partial charge < -0.3 is 10.0 Å². The van der Waals surface area contributed by atoms with Gasteiger partial charge in [0.1, 0.15) is 21.9 Å². The molecule has 0 atom stereocenters. The molecule has 0 saturated carbocycles. The molecule has 0 saturated heterocycles. The van der Waals surface area contributed by atoms with Crippen LogP contribution in [0, 0.1) is 6.92 Å². The van der Waals surface area contributed by atoms with Gasteiger partial charge in [0, 0.05) is 13.6 Å². The molecular formula is C13H17N3O2S. The highest BCUT2D eigenvalue weighted by Crippen LogP contribution is 2.34. The second-order valence-corrected chi connectivity index (χ2v) is 5.51. The zero-order chi connectivity index (χ0) is 14.0. The van der Waals surface area contributed by atoms with Gasteiger partial charge >= 0.3 is 5.97 Å². The number of carboxylic acids is 1. The fourth-order valence-electron chi connectivity index (χ4n) is 2.05. The van der Waals surface area contributed by atoms with Gasteiger partial charge in [-0.2, -0.15) is 0 Å². The van der Waals surface area contributed by atoms with Crippen LogP contribution in [0.1, 0.15) is 35.0 Å². The Morgan fingerprint density at radius 3 is 2.84 bits per heavy atom. The number of aromatic carboxylic acids is 1. The van der Waals surface area contributed by atoms with E-state index in [9.17, 15) is 9.90 Å². The Bertz CT molecular complexity index is 609. The lowest BCUT2D eigenvalue weighted by molar-refractivity contribution is 0.0701. The number of anilines is 1. The van der Waals surface area contributed by atoms with Crippen molar-refractivity contribution in [3.63, 3.8) is 0 Å². The maximum atomic E-state index is 11.2. The van der Waals surface area contributed by atoms with E-state index >= 15 is 0 Å². The summed E-state index contributed by atoms with van der Waals surface area (Å²) < 4.78 is 0. The highest BCUT2D eigenvalue weighted by atomic mass is 32.1. The van der Waals surface area contributed by atoms with Crippen molar-refractivity contribution in [1.29, 1.82) is 0 Å². The minimum Gasteiger partial charge on any atom is -0.477 e. The molecule has 0 aromatic carbocycles. The number of hydrogen-bond donors (Lipinski definition) is 1. The number of carbonyl (C=O) groups is 1. The molecule has 0 spiro atoms. The van der Waals surface area contributed by atoms with E-state index in [-0.39, 0.29) is 0 Å². The number of nitrogens with zero attached hydrogens (tertiary/aromatic N) is 3. The molecule has 2 aromatic heterocycles. The molecule has 1 N–H and O–H groups in total. The van der Waals surface area contributed by atoms with Crippen molar-refractivity contribution >= 4 is 33.3 Å². The average molecular weight is 279 g/mol. The van der Waals surface area contributed by atoms with Gasteiger partial charge in [-0.15, -0.1) is 11.3 Å². The van der Waals surface area contributed by atoms with Gasteiger partial charge in [0.15, 0.2) is 0 Å². The lowest BCUT2D eigenvalue weighted by atomic mass is 10.2. The fraction of sp³-hybridized carbons (Fsp3) is 0.462. The van der Waals surface area contributed by atoms with Crippen LogP contribution in [0.3, 0.4) is 0 Å². The average Bonchev–Trinajstić information content (AvgIpc) is 2.73. The number of aromatic nitrogens is 2. The van der Waals surface area contributed by atoms with Crippen LogP contribution in [0.25, 0.3) is 10.2 Å². The second kappa shape index (κ2) is 5.52. The highest BCUT2D eigenvalue weighted by Gasteiger charge is 2.19. The van der Waals surface area contributed by atoms with Crippen LogP contribution >= 0.6 is 11.3 Å². The van der Waals surface area contributed by atoms with Crippen molar-refractivity contribution in [3.05, 3.63) is 16.8 Å². The minimum absolute atomic E-state index is 0.348. The normalized spacial score (nSPS) is 10.9. The number of aryl methyl sites for hydroxylation is 1. The highest BCUT2D eigenvalue weighted by molar-refractivity contribution is 7.20.